The minimum atomic E-state index is -0.0260. The molecule has 1 aromatic carbocycles. The van der Waals surface area contributed by atoms with Crippen LogP contribution in [-0.4, -0.2) is 10.2 Å². The summed E-state index contributed by atoms with van der Waals surface area (Å²) in [5, 5.41) is 4.68. The maximum atomic E-state index is 11.6. The normalized spacial score (nSPS) is 10.4. The molecule has 0 aliphatic rings. The topological polar surface area (TPSA) is 42.0 Å². The van der Waals surface area contributed by atoms with Crippen LogP contribution >= 0.6 is 34.7 Å². The summed E-state index contributed by atoms with van der Waals surface area (Å²) in [5.41, 5.74) is 1.97. The summed E-state index contributed by atoms with van der Waals surface area (Å²) >= 11 is 13.3. The molecule has 94 valence electrons. The first-order valence-corrected chi connectivity index (χ1v) is 6.72. The maximum Gasteiger partial charge on any atom is 0.164 e. The van der Waals surface area contributed by atoms with E-state index in [0.29, 0.717) is 32.0 Å². The van der Waals surface area contributed by atoms with Crippen molar-refractivity contribution in [2.24, 2.45) is 0 Å². The Morgan fingerprint density at radius 2 is 2.11 bits per heavy atom. The van der Waals surface area contributed by atoms with Crippen LogP contribution in [0.1, 0.15) is 23.0 Å². The molecule has 0 spiro atoms. The van der Waals surface area contributed by atoms with Gasteiger partial charge in [0.05, 0.1) is 27.0 Å². The number of nitrogens with one attached hydrogen (secondary N) is 1. The fourth-order valence-corrected chi connectivity index (χ4v) is 2.80. The van der Waals surface area contributed by atoms with Gasteiger partial charge in [-0.3, -0.25) is 4.79 Å². The molecule has 18 heavy (non-hydrogen) atoms. The van der Waals surface area contributed by atoms with Crippen molar-refractivity contribution in [1.82, 2.24) is 4.37 Å². The van der Waals surface area contributed by atoms with Gasteiger partial charge in [0.1, 0.15) is 5.00 Å². The number of anilines is 2. The number of aryl methyl sites for hydroxylation is 1. The first-order chi connectivity index (χ1) is 8.50. The number of hydrogen-bond donors (Lipinski definition) is 1. The van der Waals surface area contributed by atoms with Crippen LogP contribution in [0.4, 0.5) is 10.7 Å². The van der Waals surface area contributed by atoms with E-state index in [2.05, 4.69) is 9.69 Å². The van der Waals surface area contributed by atoms with Crippen molar-refractivity contribution in [3.8, 4) is 0 Å². The quantitative estimate of drug-likeness (QED) is 0.835. The zero-order valence-corrected chi connectivity index (χ0v) is 12.1. The van der Waals surface area contributed by atoms with E-state index in [4.69, 9.17) is 23.2 Å². The maximum absolute atomic E-state index is 11.6. The Kier molecular flexibility index (Phi) is 3.90. The Hall–Kier alpha value is -1.10. The highest BCUT2D eigenvalue weighted by Gasteiger charge is 2.16. The van der Waals surface area contributed by atoms with Crippen molar-refractivity contribution >= 4 is 51.2 Å². The minimum absolute atomic E-state index is 0.0260. The molecule has 0 saturated carbocycles. The fraction of sp³-hybridized carbons (Fsp3) is 0.167. The number of aromatic nitrogens is 1. The van der Waals surface area contributed by atoms with Gasteiger partial charge in [-0.2, -0.15) is 4.37 Å². The van der Waals surface area contributed by atoms with Gasteiger partial charge in [-0.25, -0.2) is 0 Å². The van der Waals surface area contributed by atoms with Crippen molar-refractivity contribution in [2.45, 2.75) is 13.8 Å². The third-order valence-corrected chi connectivity index (χ3v) is 4.09. The van der Waals surface area contributed by atoms with Crippen LogP contribution < -0.4 is 5.32 Å². The molecule has 6 heteroatoms. The van der Waals surface area contributed by atoms with Crippen LogP contribution in [0.2, 0.25) is 10.0 Å². The molecule has 1 heterocycles. The van der Waals surface area contributed by atoms with Crippen LogP contribution in [0.3, 0.4) is 0 Å². The number of ketones is 1. The van der Waals surface area contributed by atoms with Gasteiger partial charge >= 0.3 is 0 Å². The second-order valence-electron chi connectivity index (χ2n) is 3.75. The standard InChI is InChI=1S/C12H10Cl2N2OS/c1-6-10(7(2)17)12(18-16-6)15-9-5-3-4-8(13)11(9)14/h3-5,15H,1-2H3. The van der Waals surface area contributed by atoms with Crippen LogP contribution in [0.15, 0.2) is 18.2 Å². The number of hydrogen-bond acceptors (Lipinski definition) is 4. The van der Waals surface area contributed by atoms with E-state index in [9.17, 15) is 4.79 Å². The van der Waals surface area contributed by atoms with E-state index >= 15 is 0 Å². The molecule has 0 amide bonds. The number of carbonyl (C=O) groups excluding carboxylic acids is 1. The summed E-state index contributed by atoms with van der Waals surface area (Å²) in [5.74, 6) is -0.0260. The van der Waals surface area contributed by atoms with Crippen molar-refractivity contribution in [3.05, 3.63) is 39.5 Å². The average Bonchev–Trinajstić information content (AvgIpc) is 2.66. The van der Waals surface area contributed by atoms with Gasteiger partial charge in [0, 0.05) is 0 Å². The Morgan fingerprint density at radius 3 is 2.78 bits per heavy atom. The minimum Gasteiger partial charge on any atom is -0.344 e. The van der Waals surface area contributed by atoms with E-state index in [-0.39, 0.29) is 5.78 Å². The number of benzene rings is 1. The molecule has 0 aliphatic carbocycles. The summed E-state index contributed by atoms with van der Waals surface area (Å²) in [6.45, 7) is 3.32. The van der Waals surface area contributed by atoms with E-state index < -0.39 is 0 Å². The molecule has 2 rings (SSSR count). The zero-order valence-electron chi connectivity index (χ0n) is 9.75. The first-order valence-electron chi connectivity index (χ1n) is 5.19. The van der Waals surface area contributed by atoms with Crippen molar-refractivity contribution in [1.29, 1.82) is 0 Å². The second kappa shape index (κ2) is 5.26. The molecule has 3 nitrogen and oxygen atoms in total. The molecular formula is C12H10Cl2N2OS. The van der Waals surface area contributed by atoms with E-state index in [1.54, 1.807) is 25.1 Å². The number of halogens is 2. The average molecular weight is 301 g/mol. The first kappa shape index (κ1) is 13.3. The second-order valence-corrected chi connectivity index (χ2v) is 5.31. The lowest BCUT2D eigenvalue weighted by Gasteiger charge is -2.08. The highest BCUT2D eigenvalue weighted by Crippen LogP contribution is 2.34. The molecule has 1 aromatic heterocycles. The van der Waals surface area contributed by atoms with Crippen LogP contribution in [0.25, 0.3) is 0 Å². The highest BCUT2D eigenvalue weighted by molar-refractivity contribution is 7.10. The Labute approximate surface area is 119 Å². The number of Topliss-reactive ketones (excluding diaryl/α,β-unsaturated/α-hetero) is 1. The number of rotatable bonds is 3. The molecular weight excluding hydrogens is 291 g/mol. The van der Waals surface area contributed by atoms with Gasteiger partial charge in [-0.1, -0.05) is 29.3 Å². The monoisotopic (exact) mass is 300 g/mol. The summed E-state index contributed by atoms with van der Waals surface area (Å²) in [4.78, 5) is 11.6. The molecule has 0 radical (unpaired) electrons. The molecule has 0 saturated heterocycles. The summed E-state index contributed by atoms with van der Waals surface area (Å²) in [6.07, 6.45) is 0. The molecule has 2 aromatic rings. The van der Waals surface area contributed by atoms with Crippen molar-refractivity contribution in [2.75, 3.05) is 5.32 Å². The van der Waals surface area contributed by atoms with Gasteiger partial charge in [0.25, 0.3) is 0 Å². The predicted molar refractivity (Wildman–Crippen MR) is 76.6 cm³/mol. The van der Waals surface area contributed by atoms with Crippen LogP contribution in [0, 0.1) is 6.92 Å². The number of nitrogens with zero attached hydrogens (tertiary/aromatic N) is 1. The molecule has 0 fully saturated rings. The SMILES string of the molecule is CC(=O)c1c(C)nsc1Nc1cccc(Cl)c1Cl. The Balaban J connectivity index is 2.41. The largest absolute Gasteiger partial charge is 0.344 e. The molecule has 0 bridgehead atoms. The van der Waals surface area contributed by atoms with Gasteiger partial charge in [0.2, 0.25) is 0 Å². The zero-order chi connectivity index (χ0) is 13.3. The van der Waals surface area contributed by atoms with E-state index in [1.807, 2.05) is 0 Å². The lowest BCUT2D eigenvalue weighted by molar-refractivity contribution is 0.101. The van der Waals surface area contributed by atoms with Gasteiger partial charge in [-0.05, 0) is 37.5 Å². The Bertz CT molecular complexity index is 610. The Morgan fingerprint density at radius 1 is 1.39 bits per heavy atom. The van der Waals surface area contributed by atoms with E-state index in [1.165, 1.54) is 18.5 Å². The van der Waals surface area contributed by atoms with Crippen molar-refractivity contribution < 1.29 is 4.79 Å². The van der Waals surface area contributed by atoms with Gasteiger partial charge in [0.15, 0.2) is 5.78 Å². The molecule has 1 N–H and O–H groups in total. The smallest absolute Gasteiger partial charge is 0.164 e. The van der Waals surface area contributed by atoms with E-state index in [0.717, 1.165) is 0 Å². The molecule has 0 atom stereocenters. The predicted octanol–water partition coefficient (Wildman–Crippen LogP) is 4.70. The van der Waals surface area contributed by atoms with Gasteiger partial charge < -0.3 is 5.32 Å². The molecule has 0 aliphatic heterocycles. The third-order valence-electron chi connectivity index (χ3n) is 2.41. The molecule has 0 unspecified atom stereocenters. The third kappa shape index (κ3) is 2.51. The van der Waals surface area contributed by atoms with Gasteiger partial charge in [-0.15, -0.1) is 0 Å². The van der Waals surface area contributed by atoms with Crippen molar-refractivity contribution in [3.63, 3.8) is 0 Å². The number of carbonyl (C=O) groups is 1. The highest BCUT2D eigenvalue weighted by atomic mass is 35.5. The summed E-state index contributed by atoms with van der Waals surface area (Å²) in [7, 11) is 0. The summed E-state index contributed by atoms with van der Waals surface area (Å²) in [6, 6.07) is 5.30. The van der Waals surface area contributed by atoms with Crippen LogP contribution in [-0.2, 0) is 0 Å². The lowest BCUT2D eigenvalue weighted by Crippen LogP contribution is -1.99. The fourth-order valence-electron chi connectivity index (χ4n) is 1.59. The lowest BCUT2D eigenvalue weighted by atomic mass is 10.2. The van der Waals surface area contributed by atoms with Crippen LogP contribution in [0.5, 0.6) is 0 Å². The summed E-state index contributed by atoms with van der Waals surface area (Å²) < 4.78 is 4.17.